The molecule has 0 saturated heterocycles. The summed E-state index contributed by atoms with van der Waals surface area (Å²) in [5.41, 5.74) is 0. The van der Waals surface area contributed by atoms with Gasteiger partial charge in [0.25, 0.3) is 0 Å². The molecule has 0 radical (unpaired) electrons. The summed E-state index contributed by atoms with van der Waals surface area (Å²) in [6.45, 7) is 0. The van der Waals surface area contributed by atoms with E-state index in [4.69, 9.17) is 0 Å². The number of halogens is 4. The van der Waals surface area contributed by atoms with Gasteiger partial charge in [-0.25, -0.2) is 0 Å². The first-order valence-electron chi connectivity index (χ1n) is 0. The smallest absolute Gasteiger partial charge is 1.00 e. The van der Waals surface area contributed by atoms with Gasteiger partial charge in [-0.3, -0.25) is 0 Å². The number of hydrogen-bond donors (Lipinski definition) is 0. The number of hydrogen-bond acceptors (Lipinski definition) is 0. The van der Waals surface area contributed by atoms with Crippen LogP contribution in [0.1, 0.15) is 0 Å². The third-order valence-corrected chi connectivity index (χ3v) is 0. The van der Waals surface area contributed by atoms with Crippen molar-refractivity contribution in [1.82, 2.24) is 0 Å². The van der Waals surface area contributed by atoms with Gasteiger partial charge in [0.1, 0.15) is 0 Å². The normalized spacial score (nSPS) is 0. The van der Waals surface area contributed by atoms with Crippen LogP contribution in [0, 0.1) is 0 Å². The predicted molar refractivity (Wildman–Crippen MR) is 65.0 cm³/mol. The molecule has 0 amide bonds. The van der Waals surface area contributed by atoms with Crippen molar-refractivity contribution >= 4 is 0 Å². The molecule has 0 aliphatic heterocycles. The van der Waals surface area contributed by atoms with Gasteiger partial charge >= 0.3 is 26.2 Å². The molecule has 0 aliphatic carbocycles. The Morgan fingerprint density at radius 2 is 0.130 bits per heavy atom. The topological polar surface area (TPSA) is 567 Å². The molecule has 36 N–H and O–H groups in total. The molecule has 0 unspecified atom stereocenters. The van der Waals surface area contributed by atoms with Crippen LogP contribution in [0.2, 0.25) is 0 Å². The fraction of sp³-hybridized carbons (Fsp3) is 0. The van der Waals surface area contributed by atoms with Crippen LogP contribution in [-0.2, 0) is 26.2 Å². The van der Waals surface area contributed by atoms with E-state index in [0.29, 0.717) is 0 Å². The Bertz CT molecular complexity index is 21.0. The Kier molecular flexibility index (Phi) is 2180000. The van der Waals surface area contributed by atoms with Crippen LogP contribution in [0.15, 0.2) is 0 Å². The van der Waals surface area contributed by atoms with Gasteiger partial charge in [0, 0.05) is 0 Å². The second-order valence-corrected chi connectivity index (χ2v) is 0. The summed E-state index contributed by atoms with van der Waals surface area (Å²) in [5, 5.41) is 0. The molecular formula is H36Cl4O18Zr. The van der Waals surface area contributed by atoms with E-state index >= 15 is 0 Å². The van der Waals surface area contributed by atoms with Crippen molar-refractivity contribution in [1.29, 1.82) is 0 Å². The van der Waals surface area contributed by atoms with Crippen LogP contribution in [0.4, 0.5) is 0 Å². The molecule has 0 atom stereocenters. The predicted octanol–water partition coefficient (Wildman–Crippen LogP) is -26.8. The maximum Gasteiger partial charge on any atom is 4.00 e. The zero-order chi connectivity index (χ0) is 0. The summed E-state index contributed by atoms with van der Waals surface area (Å²) in [7, 11) is 0. The average molecular weight is 557 g/mol. The molecule has 18 nitrogen and oxygen atoms in total. The van der Waals surface area contributed by atoms with E-state index in [1.807, 2.05) is 0 Å². The molecule has 0 aromatic rings. The zero-order valence-corrected chi connectivity index (χ0v) is 16.5. The second-order valence-electron chi connectivity index (χ2n) is 0. The largest absolute Gasteiger partial charge is 4.00 e. The van der Waals surface area contributed by atoms with Crippen molar-refractivity contribution in [3.8, 4) is 0 Å². The van der Waals surface area contributed by atoms with Gasteiger partial charge in [0.2, 0.25) is 0 Å². The van der Waals surface area contributed by atoms with E-state index in [1.165, 1.54) is 0 Å². The minimum atomic E-state index is 0. The Morgan fingerprint density at radius 1 is 0.130 bits per heavy atom. The molecule has 0 heterocycles. The van der Waals surface area contributed by atoms with Crippen LogP contribution in [0.25, 0.3) is 0 Å². The van der Waals surface area contributed by atoms with Gasteiger partial charge < -0.3 is 148 Å². The summed E-state index contributed by atoms with van der Waals surface area (Å²) < 4.78 is 0. The Labute approximate surface area is 174 Å². The van der Waals surface area contributed by atoms with E-state index in [-0.39, 0.29) is 174 Å². The van der Waals surface area contributed by atoms with Crippen molar-refractivity contribution in [3.05, 3.63) is 0 Å². The quantitative estimate of drug-likeness (QED) is 0.268. The van der Waals surface area contributed by atoms with Gasteiger partial charge in [-0.2, -0.15) is 0 Å². The molecule has 0 bridgehead atoms. The van der Waals surface area contributed by atoms with Crippen LogP contribution in [0.5, 0.6) is 0 Å². The molecule has 23 heteroatoms. The summed E-state index contributed by atoms with van der Waals surface area (Å²) in [5.74, 6) is 0. The number of rotatable bonds is 0. The molecule has 0 saturated carbocycles. The molecule has 0 aromatic carbocycles. The van der Waals surface area contributed by atoms with Gasteiger partial charge in [-0.05, 0) is 0 Å². The molecule has 0 fully saturated rings. The van der Waals surface area contributed by atoms with Crippen LogP contribution in [0.3, 0.4) is 0 Å². The van der Waals surface area contributed by atoms with Crippen molar-refractivity contribution in [3.63, 3.8) is 0 Å². The van der Waals surface area contributed by atoms with E-state index in [0.717, 1.165) is 0 Å². The third-order valence-electron chi connectivity index (χ3n) is 0. The van der Waals surface area contributed by atoms with Crippen LogP contribution >= 0.6 is 0 Å². The van der Waals surface area contributed by atoms with Gasteiger partial charge in [0.05, 0.1) is 0 Å². The maximum absolute atomic E-state index is 0. The van der Waals surface area contributed by atoms with Crippen molar-refractivity contribution in [2.45, 2.75) is 0 Å². The van der Waals surface area contributed by atoms with E-state index in [2.05, 4.69) is 0 Å². The minimum absolute atomic E-state index is 0. The molecule has 0 aliphatic rings. The van der Waals surface area contributed by atoms with Crippen LogP contribution in [-0.4, -0.2) is 98.6 Å². The third kappa shape index (κ3) is 6060. The molecule has 0 spiro atoms. The Morgan fingerprint density at radius 3 is 0.130 bits per heavy atom. The average Bonchev–Trinajstić information content (AvgIpc) is 0. The summed E-state index contributed by atoms with van der Waals surface area (Å²) in [6, 6.07) is 0. The van der Waals surface area contributed by atoms with E-state index in [9.17, 15) is 0 Å². The maximum atomic E-state index is 0. The molecule has 0 rings (SSSR count). The zero-order valence-electron chi connectivity index (χ0n) is 11.0. The minimum Gasteiger partial charge on any atom is -1.00 e. The molecule has 0 aromatic heterocycles. The fourth-order valence-electron chi connectivity index (χ4n) is 0. The fourth-order valence-corrected chi connectivity index (χ4v) is 0. The van der Waals surface area contributed by atoms with E-state index < -0.39 is 0 Å². The summed E-state index contributed by atoms with van der Waals surface area (Å²) in [4.78, 5) is 0. The van der Waals surface area contributed by atoms with Crippen molar-refractivity contribution in [2.24, 2.45) is 0 Å². The Hall–Kier alpha value is 1.32. The summed E-state index contributed by atoms with van der Waals surface area (Å²) >= 11 is 0. The van der Waals surface area contributed by atoms with Gasteiger partial charge in [0.15, 0.2) is 0 Å². The molecule has 176 valence electrons. The van der Waals surface area contributed by atoms with Crippen molar-refractivity contribution in [2.75, 3.05) is 0 Å². The first-order valence-corrected chi connectivity index (χ1v) is 0. The second kappa shape index (κ2) is 6640. The van der Waals surface area contributed by atoms with E-state index in [1.54, 1.807) is 0 Å². The SMILES string of the molecule is O.O.O.O.O.O.O.O.O.O.O.O.O.O.O.O.O.O.[Cl-].[Cl-].[Cl-].[Cl-].[Zr+4]. The first-order chi connectivity index (χ1) is 0. The molecular weight excluding hydrogens is 521 g/mol. The van der Waals surface area contributed by atoms with Gasteiger partial charge in [-0.1, -0.05) is 0 Å². The van der Waals surface area contributed by atoms with Crippen LogP contribution < -0.4 is 49.6 Å². The first kappa shape index (κ1) is 7560. The van der Waals surface area contributed by atoms with Crippen molar-refractivity contribution < 1.29 is 174 Å². The molecule has 23 heavy (non-hydrogen) atoms. The van der Waals surface area contributed by atoms with Gasteiger partial charge in [-0.15, -0.1) is 0 Å². The standard InChI is InChI=1S/4ClH.18H2O.Zr/h4*1H;18*1H2;/q;;;;;;;;;;;;;;;;;;;;;;+4/p-4. The Balaban J connectivity index is 0. The summed E-state index contributed by atoms with van der Waals surface area (Å²) in [6.07, 6.45) is 0. The monoisotopic (exact) mass is 554 g/mol.